The second kappa shape index (κ2) is 6.30. The summed E-state index contributed by atoms with van der Waals surface area (Å²) in [6.07, 6.45) is 0.0406. The van der Waals surface area contributed by atoms with Gasteiger partial charge in [-0.1, -0.05) is 0 Å². The van der Waals surface area contributed by atoms with Crippen molar-refractivity contribution in [3.63, 3.8) is 0 Å². The van der Waals surface area contributed by atoms with Crippen LogP contribution in [0.15, 0.2) is 18.2 Å². The number of hydrogen-bond acceptors (Lipinski definition) is 3. The molecule has 1 atom stereocenters. The summed E-state index contributed by atoms with van der Waals surface area (Å²) in [6, 6.07) is 3.13. The first kappa shape index (κ1) is 13.6. The molecule has 0 saturated heterocycles. The molecule has 0 aliphatic heterocycles. The van der Waals surface area contributed by atoms with Crippen LogP contribution in [0.4, 0.5) is 8.78 Å². The molecule has 1 unspecified atom stereocenters. The van der Waals surface area contributed by atoms with Crippen LogP contribution >= 0.6 is 0 Å². The number of benzene rings is 1. The number of hydrogen-bond donors (Lipinski definition) is 1. The minimum Gasteiger partial charge on any atom is -0.466 e. The van der Waals surface area contributed by atoms with E-state index in [4.69, 9.17) is 10.5 Å². The van der Waals surface area contributed by atoms with Gasteiger partial charge < -0.3 is 10.5 Å². The van der Waals surface area contributed by atoms with E-state index in [2.05, 4.69) is 0 Å². The van der Waals surface area contributed by atoms with E-state index < -0.39 is 23.5 Å². The van der Waals surface area contributed by atoms with Gasteiger partial charge in [-0.3, -0.25) is 4.79 Å². The zero-order valence-corrected chi connectivity index (χ0v) is 9.58. The Balaban J connectivity index is 2.80. The van der Waals surface area contributed by atoms with Crippen molar-refractivity contribution in [3.05, 3.63) is 35.4 Å². The molecule has 3 nitrogen and oxygen atoms in total. The molecule has 0 fully saturated rings. The van der Waals surface area contributed by atoms with Gasteiger partial charge in [-0.05, 0) is 37.1 Å². The molecule has 0 aliphatic carbocycles. The van der Waals surface area contributed by atoms with E-state index in [9.17, 15) is 13.6 Å². The summed E-state index contributed by atoms with van der Waals surface area (Å²) in [4.78, 5) is 11.5. The summed E-state index contributed by atoms with van der Waals surface area (Å²) in [5.74, 6) is -2.22. The molecule has 2 N–H and O–H groups in total. The summed E-state index contributed by atoms with van der Waals surface area (Å²) in [7, 11) is 0. The number of halogens is 2. The van der Waals surface area contributed by atoms with Crippen molar-refractivity contribution in [3.8, 4) is 0 Å². The summed E-state index contributed by atoms with van der Waals surface area (Å²) in [5, 5.41) is 0. The molecule has 1 aromatic carbocycles. The molecule has 17 heavy (non-hydrogen) atoms. The monoisotopic (exact) mass is 243 g/mol. The summed E-state index contributed by atoms with van der Waals surface area (Å²) in [5.41, 5.74) is 5.56. The SMILES string of the molecule is CCOC(=O)C(CN)Cc1cc(F)ccc1F. The fourth-order valence-corrected chi connectivity index (χ4v) is 1.49. The average Bonchev–Trinajstić information content (AvgIpc) is 2.30. The zero-order valence-electron chi connectivity index (χ0n) is 9.58. The fraction of sp³-hybridized carbons (Fsp3) is 0.417. The first-order chi connectivity index (χ1) is 8.08. The number of carbonyl (C=O) groups excluding carboxylic acids is 1. The second-order valence-corrected chi connectivity index (χ2v) is 3.62. The maximum Gasteiger partial charge on any atom is 0.310 e. The number of esters is 1. The Labute approximate surface area is 98.6 Å². The molecule has 0 radical (unpaired) electrons. The quantitative estimate of drug-likeness (QED) is 0.800. The van der Waals surface area contributed by atoms with Gasteiger partial charge in [0.1, 0.15) is 11.6 Å². The lowest BCUT2D eigenvalue weighted by molar-refractivity contribution is -0.147. The van der Waals surface area contributed by atoms with E-state index in [1.54, 1.807) is 6.92 Å². The normalized spacial score (nSPS) is 12.2. The molecule has 0 amide bonds. The minimum absolute atomic E-state index is 0.0365. The minimum atomic E-state index is -0.647. The maximum atomic E-state index is 13.4. The van der Waals surface area contributed by atoms with Crippen molar-refractivity contribution in [1.29, 1.82) is 0 Å². The predicted molar refractivity (Wildman–Crippen MR) is 59.2 cm³/mol. The number of nitrogens with two attached hydrogens (primary N) is 1. The van der Waals surface area contributed by atoms with Gasteiger partial charge in [-0.2, -0.15) is 0 Å². The Morgan fingerprint density at radius 3 is 2.76 bits per heavy atom. The molecule has 94 valence electrons. The van der Waals surface area contributed by atoms with Crippen LogP contribution in [0.1, 0.15) is 12.5 Å². The highest BCUT2D eigenvalue weighted by Gasteiger charge is 2.20. The van der Waals surface area contributed by atoms with Gasteiger partial charge in [0, 0.05) is 6.54 Å². The number of carbonyl (C=O) groups is 1. The molecule has 5 heteroatoms. The first-order valence-electron chi connectivity index (χ1n) is 5.39. The Bertz CT molecular complexity index is 396. The highest BCUT2D eigenvalue weighted by atomic mass is 19.1. The molecule has 0 heterocycles. The van der Waals surface area contributed by atoms with Crippen LogP contribution in [0.5, 0.6) is 0 Å². The molecule has 0 aliphatic rings. The van der Waals surface area contributed by atoms with Crippen molar-refractivity contribution < 1.29 is 18.3 Å². The van der Waals surface area contributed by atoms with Gasteiger partial charge in [0.2, 0.25) is 0 Å². The third-order valence-corrected chi connectivity index (χ3v) is 2.38. The van der Waals surface area contributed by atoms with Crippen LogP contribution in [0.2, 0.25) is 0 Å². The van der Waals surface area contributed by atoms with E-state index in [1.807, 2.05) is 0 Å². The van der Waals surface area contributed by atoms with Crippen molar-refractivity contribution in [2.75, 3.05) is 13.2 Å². The van der Waals surface area contributed by atoms with E-state index in [0.29, 0.717) is 0 Å². The van der Waals surface area contributed by atoms with Gasteiger partial charge in [-0.15, -0.1) is 0 Å². The molecule has 0 spiro atoms. The van der Waals surface area contributed by atoms with Crippen LogP contribution in [0.25, 0.3) is 0 Å². The third kappa shape index (κ3) is 3.78. The van der Waals surface area contributed by atoms with Crippen LogP contribution in [0.3, 0.4) is 0 Å². The Morgan fingerprint density at radius 2 is 2.18 bits per heavy atom. The average molecular weight is 243 g/mol. The van der Waals surface area contributed by atoms with Crippen molar-refractivity contribution in [1.82, 2.24) is 0 Å². The van der Waals surface area contributed by atoms with Crippen molar-refractivity contribution in [2.24, 2.45) is 11.7 Å². The van der Waals surface area contributed by atoms with Gasteiger partial charge >= 0.3 is 5.97 Å². The predicted octanol–water partition coefficient (Wildman–Crippen LogP) is 1.65. The van der Waals surface area contributed by atoms with Gasteiger partial charge in [0.25, 0.3) is 0 Å². The lowest BCUT2D eigenvalue weighted by Crippen LogP contribution is -2.28. The third-order valence-electron chi connectivity index (χ3n) is 2.38. The summed E-state index contributed by atoms with van der Waals surface area (Å²) in [6.45, 7) is 1.95. The molecule has 0 saturated carbocycles. The van der Waals surface area contributed by atoms with Crippen molar-refractivity contribution >= 4 is 5.97 Å². The van der Waals surface area contributed by atoms with Crippen molar-refractivity contribution in [2.45, 2.75) is 13.3 Å². The lowest BCUT2D eigenvalue weighted by Gasteiger charge is -2.13. The van der Waals surface area contributed by atoms with Gasteiger partial charge in [0.05, 0.1) is 12.5 Å². The Hall–Kier alpha value is -1.49. The molecular weight excluding hydrogens is 228 g/mol. The maximum absolute atomic E-state index is 13.4. The molecule has 0 bridgehead atoms. The van der Waals surface area contributed by atoms with Crippen LogP contribution in [-0.4, -0.2) is 19.1 Å². The van der Waals surface area contributed by atoms with E-state index >= 15 is 0 Å². The first-order valence-corrected chi connectivity index (χ1v) is 5.39. The molecule has 1 aromatic rings. The molecule has 0 aromatic heterocycles. The largest absolute Gasteiger partial charge is 0.466 e. The zero-order chi connectivity index (χ0) is 12.8. The van der Waals surface area contributed by atoms with E-state index in [0.717, 1.165) is 18.2 Å². The summed E-state index contributed by atoms with van der Waals surface area (Å²) < 4.78 is 31.1. The standard InChI is InChI=1S/C12H15F2NO2/c1-2-17-12(16)9(7-15)5-8-6-10(13)3-4-11(8)14/h3-4,6,9H,2,5,7,15H2,1H3. The second-order valence-electron chi connectivity index (χ2n) is 3.62. The molecule has 1 rings (SSSR count). The number of rotatable bonds is 5. The summed E-state index contributed by atoms with van der Waals surface area (Å²) >= 11 is 0. The van der Waals surface area contributed by atoms with Crippen LogP contribution in [-0.2, 0) is 16.0 Å². The highest BCUT2D eigenvalue weighted by molar-refractivity contribution is 5.73. The van der Waals surface area contributed by atoms with Crippen LogP contribution < -0.4 is 5.73 Å². The smallest absolute Gasteiger partial charge is 0.310 e. The Kier molecular flexibility index (Phi) is 5.03. The highest BCUT2D eigenvalue weighted by Crippen LogP contribution is 2.15. The van der Waals surface area contributed by atoms with Gasteiger partial charge in [0.15, 0.2) is 0 Å². The van der Waals surface area contributed by atoms with E-state index in [-0.39, 0.29) is 25.1 Å². The van der Waals surface area contributed by atoms with Crippen LogP contribution in [0, 0.1) is 17.6 Å². The Morgan fingerprint density at radius 1 is 1.47 bits per heavy atom. The fourth-order valence-electron chi connectivity index (χ4n) is 1.49. The number of ether oxygens (including phenoxy) is 1. The van der Waals surface area contributed by atoms with Gasteiger partial charge in [-0.25, -0.2) is 8.78 Å². The topological polar surface area (TPSA) is 52.3 Å². The van der Waals surface area contributed by atoms with E-state index in [1.165, 1.54) is 0 Å². The lowest BCUT2D eigenvalue weighted by atomic mass is 9.99. The molecular formula is C12H15F2NO2.